The highest BCUT2D eigenvalue weighted by Gasteiger charge is 2.27. The summed E-state index contributed by atoms with van der Waals surface area (Å²) in [5, 5.41) is 10.5. The van der Waals surface area contributed by atoms with Crippen LogP contribution >= 0.6 is 11.6 Å². The van der Waals surface area contributed by atoms with Crippen molar-refractivity contribution in [3.05, 3.63) is 72.0 Å². The van der Waals surface area contributed by atoms with E-state index in [2.05, 4.69) is 16.5 Å². The van der Waals surface area contributed by atoms with Gasteiger partial charge in [0.2, 0.25) is 5.91 Å². The quantitative estimate of drug-likeness (QED) is 0.373. The number of aryl methyl sites for hydroxylation is 1. The average molecular weight is 526 g/mol. The van der Waals surface area contributed by atoms with E-state index in [-0.39, 0.29) is 39.0 Å². The monoisotopic (exact) mass is 525 g/mol. The van der Waals surface area contributed by atoms with Crippen molar-refractivity contribution in [1.29, 1.82) is 0 Å². The van der Waals surface area contributed by atoms with Gasteiger partial charge in [-0.25, -0.2) is 8.78 Å². The molecule has 4 aromatic rings. The molecule has 0 aliphatic carbocycles. The number of ether oxygens (including phenoxy) is 1. The molecule has 0 atom stereocenters. The predicted molar refractivity (Wildman–Crippen MR) is 136 cm³/mol. The molecule has 190 valence electrons. The third-order valence-electron chi connectivity index (χ3n) is 6.16. The van der Waals surface area contributed by atoms with Crippen molar-refractivity contribution in [1.82, 2.24) is 19.4 Å². The second kappa shape index (κ2) is 9.70. The second-order valence-corrected chi connectivity index (χ2v) is 8.95. The Morgan fingerprint density at radius 3 is 2.57 bits per heavy atom. The second-order valence-electron chi connectivity index (χ2n) is 8.54. The Balaban J connectivity index is 1.67. The molecular formula is C26H22ClF2N5O3. The van der Waals surface area contributed by atoms with Gasteiger partial charge in [-0.3, -0.25) is 4.79 Å². The van der Waals surface area contributed by atoms with Gasteiger partial charge in [0.1, 0.15) is 28.7 Å². The maximum Gasteiger partial charge on any atom is 0.324 e. The van der Waals surface area contributed by atoms with Crippen molar-refractivity contribution < 1.29 is 23.4 Å². The molecule has 1 amide bonds. The van der Waals surface area contributed by atoms with Crippen LogP contribution in [-0.4, -0.2) is 56.6 Å². The van der Waals surface area contributed by atoms with Crippen LogP contribution in [0.25, 0.3) is 22.0 Å². The summed E-state index contributed by atoms with van der Waals surface area (Å²) >= 11 is 6.46. The summed E-state index contributed by atoms with van der Waals surface area (Å²) < 4.78 is 38.3. The van der Waals surface area contributed by atoms with Crippen LogP contribution in [0.2, 0.25) is 5.02 Å². The van der Waals surface area contributed by atoms with Crippen molar-refractivity contribution in [2.24, 2.45) is 7.05 Å². The van der Waals surface area contributed by atoms with Gasteiger partial charge in [0.25, 0.3) is 0 Å². The number of fused-ring (bicyclic) bond motifs is 1. The minimum absolute atomic E-state index is 0.118. The maximum absolute atomic E-state index is 16.1. The summed E-state index contributed by atoms with van der Waals surface area (Å²) in [4.78, 5) is 24.4. The summed E-state index contributed by atoms with van der Waals surface area (Å²) in [5.41, 5.74) is -0.835. The lowest BCUT2D eigenvalue weighted by Gasteiger charge is -2.35. The van der Waals surface area contributed by atoms with E-state index in [0.29, 0.717) is 37.7 Å². The molecule has 2 aromatic carbocycles. The number of anilines is 1. The number of phenols is 1. The largest absolute Gasteiger partial charge is 0.507 e. The number of halogens is 3. The number of carbonyl (C=O) groups excluding carboxylic acids is 1. The van der Waals surface area contributed by atoms with Crippen molar-refractivity contribution in [3.8, 4) is 28.6 Å². The normalized spacial score (nSPS) is 13.7. The fourth-order valence-corrected chi connectivity index (χ4v) is 4.63. The molecule has 0 unspecified atom stereocenters. The van der Waals surface area contributed by atoms with Crippen LogP contribution in [-0.2, 0) is 11.8 Å². The van der Waals surface area contributed by atoms with Crippen molar-refractivity contribution in [2.75, 3.05) is 31.1 Å². The van der Waals surface area contributed by atoms with Gasteiger partial charge in [-0.1, -0.05) is 24.2 Å². The lowest BCUT2D eigenvalue weighted by Crippen LogP contribution is -2.48. The van der Waals surface area contributed by atoms with Crippen LogP contribution in [0.15, 0.2) is 55.4 Å². The molecule has 0 bridgehead atoms. The van der Waals surface area contributed by atoms with Crippen LogP contribution < -0.4 is 9.64 Å². The summed E-state index contributed by atoms with van der Waals surface area (Å²) in [6.07, 6.45) is 4.73. The number of amides is 1. The fraction of sp³-hybridized carbons (Fsp3) is 0.192. The predicted octanol–water partition coefficient (Wildman–Crippen LogP) is 4.90. The smallest absolute Gasteiger partial charge is 0.324 e. The first-order valence-corrected chi connectivity index (χ1v) is 11.8. The Bertz CT molecular complexity index is 1510. The standard InChI is InChI=1S/C26H22ClF2N5O3/c1-3-20(36)33-9-11-34(12-10-33)25-16-13-17(27)21(22-18(28)5-4-6-19(22)35)23(29)24(16)30-26(31-25)37-15-7-8-32(2)14-15/h3-8,13-14,35H,1,9-12H2,2H3. The molecule has 1 saturated heterocycles. The van der Waals surface area contributed by atoms with E-state index >= 15 is 4.39 Å². The molecule has 0 saturated carbocycles. The van der Waals surface area contributed by atoms with Gasteiger partial charge >= 0.3 is 6.01 Å². The van der Waals surface area contributed by atoms with Crippen LogP contribution in [0.5, 0.6) is 17.5 Å². The van der Waals surface area contributed by atoms with E-state index in [1.165, 1.54) is 24.3 Å². The van der Waals surface area contributed by atoms with E-state index < -0.39 is 17.4 Å². The number of aromatic hydroxyl groups is 1. The fourth-order valence-electron chi connectivity index (χ4n) is 4.35. The highest BCUT2D eigenvalue weighted by atomic mass is 35.5. The maximum atomic E-state index is 16.1. The number of piperazine rings is 1. The molecule has 3 heterocycles. The lowest BCUT2D eigenvalue weighted by atomic mass is 10.0. The number of hydrogen-bond acceptors (Lipinski definition) is 6. The van der Waals surface area contributed by atoms with E-state index in [1.54, 1.807) is 27.9 Å². The van der Waals surface area contributed by atoms with Gasteiger partial charge in [0.05, 0.1) is 10.6 Å². The van der Waals surface area contributed by atoms with Crippen LogP contribution in [0.3, 0.4) is 0 Å². The third-order valence-corrected chi connectivity index (χ3v) is 6.46. The zero-order chi connectivity index (χ0) is 26.3. The van der Waals surface area contributed by atoms with Gasteiger partial charge in [0, 0.05) is 56.6 Å². The molecule has 11 heteroatoms. The van der Waals surface area contributed by atoms with Crippen molar-refractivity contribution in [3.63, 3.8) is 0 Å². The molecule has 1 fully saturated rings. The summed E-state index contributed by atoms with van der Waals surface area (Å²) in [7, 11) is 1.82. The molecule has 1 aliphatic heterocycles. The van der Waals surface area contributed by atoms with Gasteiger partial charge in [-0.15, -0.1) is 0 Å². The molecule has 1 N–H and O–H groups in total. The lowest BCUT2D eigenvalue weighted by molar-refractivity contribution is -0.126. The Hall–Kier alpha value is -4.18. The van der Waals surface area contributed by atoms with Crippen molar-refractivity contribution in [2.45, 2.75) is 0 Å². The van der Waals surface area contributed by atoms with Gasteiger partial charge in [-0.05, 0) is 30.3 Å². The van der Waals surface area contributed by atoms with Gasteiger partial charge in [0.15, 0.2) is 5.82 Å². The van der Waals surface area contributed by atoms with Crippen molar-refractivity contribution >= 4 is 34.2 Å². The molecule has 1 aliphatic rings. The van der Waals surface area contributed by atoms with E-state index in [1.807, 2.05) is 11.9 Å². The highest BCUT2D eigenvalue weighted by molar-refractivity contribution is 6.34. The molecular weight excluding hydrogens is 504 g/mol. The molecule has 8 nitrogen and oxygen atoms in total. The summed E-state index contributed by atoms with van der Waals surface area (Å²) in [6, 6.07) is 6.69. The minimum Gasteiger partial charge on any atom is -0.507 e. The first-order valence-electron chi connectivity index (χ1n) is 11.4. The zero-order valence-corrected chi connectivity index (χ0v) is 20.5. The Kier molecular flexibility index (Phi) is 6.43. The van der Waals surface area contributed by atoms with E-state index in [4.69, 9.17) is 16.3 Å². The number of nitrogens with zero attached hydrogens (tertiary/aromatic N) is 5. The van der Waals surface area contributed by atoms with Gasteiger partial charge < -0.3 is 24.2 Å². The Morgan fingerprint density at radius 2 is 1.92 bits per heavy atom. The minimum atomic E-state index is -0.926. The first kappa shape index (κ1) is 24.5. The topological polar surface area (TPSA) is 83.7 Å². The number of aromatic nitrogens is 3. The summed E-state index contributed by atoms with van der Waals surface area (Å²) in [5.74, 6) is -1.60. The zero-order valence-electron chi connectivity index (χ0n) is 19.8. The number of rotatable bonds is 5. The first-order chi connectivity index (χ1) is 17.8. The van der Waals surface area contributed by atoms with E-state index in [0.717, 1.165) is 6.07 Å². The van der Waals surface area contributed by atoms with Gasteiger partial charge in [-0.2, -0.15) is 9.97 Å². The molecule has 37 heavy (non-hydrogen) atoms. The van der Waals surface area contributed by atoms with E-state index in [9.17, 15) is 14.3 Å². The number of hydrogen-bond donors (Lipinski definition) is 1. The average Bonchev–Trinajstić information content (AvgIpc) is 3.29. The number of carbonyl (C=O) groups is 1. The molecule has 5 rings (SSSR count). The summed E-state index contributed by atoms with van der Waals surface area (Å²) in [6.45, 7) is 5.15. The Labute approximate surface area is 216 Å². The Morgan fingerprint density at radius 1 is 1.16 bits per heavy atom. The SMILES string of the molecule is C=CC(=O)N1CCN(c2nc(Oc3ccn(C)c3)nc3c(F)c(-c4c(O)cccc4F)c(Cl)cc23)CC1. The molecule has 0 spiro atoms. The molecule has 0 radical (unpaired) electrons. The highest BCUT2D eigenvalue weighted by Crippen LogP contribution is 2.43. The molecule has 2 aromatic heterocycles. The van der Waals surface area contributed by atoms with Crippen LogP contribution in [0, 0.1) is 11.6 Å². The number of benzene rings is 2. The third kappa shape index (κ3) is 4.55. The van der Waals surface area contributed by atoms with Crippen LogP contribution in [0.4, 0.5) is 14.6 Å². The number of phenolic OH excluding ortho intramolecular Hbond substituents is 1. The van der Waals surface area contributed by atoms with Crippen LogP contribution in [0.1, 0.15) is 0 Å².